The first kappa shape index (κ1) is 17.6. The average molecular weight is 363 g/mol. The minimum Gasteiger partial charge on any atom is -0.456 e. The minimum atomic E-state index is -4.57. The molecule has 1 N–H and O–H groups in total. The van der Waals surface area contributed by atoms with Gasteiger partial charge in [0, 0.05) is 24.8 Å². The lowest BCUT2D eigenvalue weighted by molar-refractivity contribution is -0.557. The maximum Gasteiger partial charge on any atom is 0.449 e. The number of rotatable bonds is 2. The van der Waals surface area contributed by atoms with Gasteiger partial charge in [-0.25, -0.2) is 9.78 Å². The molecule has 6 atom stereocenters. The van der Waals surface area contributed by atoms with Crippen LogP contribution in [0.25, 0.3) is 0 Å². The predicted molar refractivity (Wildman–Crippen MR) is 80.9 cm³/mol. The van der Waals surface area contributed by atoms with Crippen LogP contribution in [0.4, 0.5) is 13.2 Å². The van der Waals surface area contributed by atoms with Gasteiger partial charge >= 0.3 is 6.18 Å². The third kappa shape index (κ3) is 2.44. The maximum atomic E-state index is 13.7. The van der Waals surface area contributed by atoms with Gasteiger partial charge in [0.25, 0.3) is 0 Å². The Hall–Kier alpha value is -0.830. The van der Waals surface area contributed by atoms with Crippen molar-refractivity contribution in [3.63, 3.8) is 0 Å². The predicted octanol–water partition coefficient (Wildman–Crippen LogP) is 3.27. The van der Waals surface area contributed by atoms with Crippen LogP contribution in [0.3, 0.4) is 0 Å². The summed E-state index contributed by atoms with van der Waals surface area (Å²) in [6, 6.07) is 0. The number of hydrogen-bond donors (Lipinski definition) is 1. The molecular formula is C17H24F3NO4. The molecule has 0 aromatic heterocycles. The Morgan fingerprint density at radius 3 is 2.64 bits per heavy atom. The first-order valence-electron chi connectivity index (χ1n) is 8.87. The second-order valence-electron chi connectivity index (χ2n) is 7.86. The third-order valence-electron chi connectivity index (χ3n) is 6.28. The molecule has 1 saturated carbocycles. The standard InChI is InChI=1S/C17H24F3NO4/c1-9-4-5-12-10(8-21-3)13(17(18,19)20)22-14-16(12)11(9)6-7-15(2,23-14)24-25-16/h9,11-12,14,21H,4-8H2,1-3H3/t9-,11+,12+,14-,15+,16-/m1/s1. The van der Waals surface area contributed by atoms with Crippen LogP contribution in [0.1, 0.15) is 39.5 Å². The number of likely N-dealkylation sites (N-methyl/N-ethyl adjacent to an activating group) is 1. The van der Waals surface area contributed by atoms with E-state index in [4.69, 9.17) is 19.2 Å². The van der Waals surface area contributed by atoms with E-state index in [-0.39, 0.29) is 18.0 Å². The summed E-state index contributed by atoms with van der Waals surface area (Å²) in [7, 11) is 1.63. The fraction of sp³-hybridized carbons (Fsp3) is 0.882. The summed E-state index contributed by atoms with van der Waals surface area (Å²) in [6.07, 6.45) is -2.88. The van der Waals surface area contributed by atoms with Crippen molar-refractivity contribution in [1.29, 1.82) is 0 Å². The second-order valence-corrected chi connectivity index (χ2v) is 7.86. The van der Waals surface area contributed by atoms with E-state index < -0.39 is 35.5 Å². The number of ether oxygens (including phenoxy) is 2. The van der Waals surface area contributed by atoms with Crippen molar-refractivity contribution in [2.24, 2.45) is 17.8 Å². The second kappa shape index (κ2) is 5.58. The monoisotopic (exact) mass is 363 g/mol. The molecule has 4 aliphatic heterocycles. The minimum absolute atomic E-state index is 0.0298. The van der Waals surface area contributed by atoms with Crippen molar-refractivity contribution in [3.05, 3.63) is 11.3 Å². The summed E-state index contributed by atoms with van der Waals surface area (Å²) in [6.45, 7) is 3.91. The summed E-state index contributed by atoms with van der Waals surface area (Å²) in [5.41, 5.74) is -0.810. The van der Waals surface area contributed by atoms with Gasteiger partial charge in [-0.15, -0.1) is 0 Å². The van der Waals surface area contributed by atoms with Crippen LogP contribution >= 0.6 is 0 Å². The van der Waals surface area contributed by atoms with E-state index in [0.717, 1.165) is 12.8 Å². The summed E-state index contributed by atoms with van der Waals surface area (Å²) >= 11 is 0. The molecule has 25 heavy (non-hydrogen) atoms. The topological polar surface area (TPSA) is 49.0 Å². The Bertz CT molecular complexity index is 595. The van der Waals surface area contributed by atoms with Crippen LogP contribution in [0, 0.1) is 17.8 Å². The van der Waals surface area contributed by atoms with Gasteiger partial charge in [-0.1, -0.05) is 6.92 Å². The largest absolute Gasteiger partial charge is 0.456 e. The molecule has 3 saturated heterocycles. The number of alkyl halides is 3. The molecule has 1 aliphatic carbocycles. The Balaban J connectivity index is 1.87. The molecule has 1 spiro atoms. The first-order chi connectivity index (χ1) is 11.7. The van der Waals surface area contributed by atoms with Gasteiger partial charge in [0.2, 0.25) is 17.8 Å². The van der Waals surface area contributed by atoms with Gasteiger partial charge in [-0.3, -0.25) is 0 Å². The molecule has 4 heterocycles. The van der Waals surface area contributed by atoms with Crippen LogP contribution in [0.2, 0.25) is 0 Å². The zero-order valence-corrected chi connectivity index (χ0v) is 14.6. The van der Waals surface area contributed by atoms with E-state index in [1.54, 1.807) is 14.0 Å². The van der Waals surface area contributed by atoms with E-state index in [1.807, 2.05) is 0 Å². The SMILES string of the molecule is CNCC1=C(C(F)(F)F)O[C@@H]2O[C@]3(C)CC[C@H]4[C@H](C)CC[C@@H]1[C@@]24OO3. The average Bonchev–Trinajstić information content (AvgIpc) is 2.76. The molecular weight excluding hydrogens is 339 g/mol. The third-order valence-corrected chi connectivity index (χ3v) is 6.28. The van der Waals surface area contributed by atoms with Crippen molar-refractivity contribution in [3.8, 4) is 0 Å². The van der Waals surface area contributed by atoms with Crippen molar-refractivity contribution in [1.82, 2.24) is 5.32 Å². The molecule has 0 aromatic carbocycles. The van der Waals surface area contributed by atoms with E-state index in [1.165, 1.54) is 0 Å². The van der Waals surface area contributed by atoms with E-state index >= 15 is 0 Å². The van der Waals surface area contributed by atoms with Crippen molar-refractivity contribution in [2.75, 3.05) is 13.6 Å². The molecule has 5 rings (SSSR count). The number of nitrogens with one attached hydrogen (secondary N) is 1. The first-order valence-corrected chi connectivity index (χ1v) is 8.87. The summed E-state index contributed by atoms with van der Waals surface area (Å²) in [5, 5.41) is 2.85. The van der Waals surface area contributed by atoms with Gasteiger partial charge in [0.15, 0.2) is 5.60 Å². The zero-order valence-electron chi connectivity index (χ0n) is 14.6. The van der Waals surface area contributed by atoms with Crippen LogP contribution in [-0.4, -0.2) is 37.4 Å². The molecule has 0 unspecified atom stereocenters. The molecule has 5 nitrogen and oxygen atoms in total. The molecule has 8 heteroatoms. The van der Waals surface area contributed by atoms with Crippen LogP contribution < -0.4 is 5.32 Å². The molecule has 5 aliphatic rings. The van der Waals surface area contributed by atoms with Crippen LogP contribution in [0.5, 0.6) is 0 Å². The highest BCUT2D eigenvalue weighted by Crippen LogP contribution is 2.61. The quantitative estimate of drug-likeness (QED) is 0.763. The van der Waals surface area contributed by atoms with Gasteiger partial charge < -0.3 is 14.8 Å². The van der Waals surface area contributed by atoms with E-state index in [2.05, 4.69) is 12.2 Å². The highest BCUT2D eigenvalue weighted by Gasteiger charge is 2.70. The van der Waals surface area contributed by atoms with Crippen LogP contribution in [-0.2, 0) is 19.2 Å². The number of allylic oxidation sites excluding steroid dienone is 1. The zero-order chi connectivity index (χ0) is 18.0. The van der Waals surface area contributed by atoms with E-state index in [0.29, 0.717) is 18.8 Å². The molecule has 142 valence electrons. The van der Waals surface area contributed by atoms with Crippen molar-refractivity contribution in [2.45, 2.75) is 63.4 Å². The van der Waals surface area contributed by atoms with Gasteiger partial charge in [0.1, 0.15) is 0 Å². The molecule has 0 amide bonds. The van der Waals surface area contributed by atoms with Gasteiger partial charge in [-0.05, 0) is 44.7 Å². The van der Waals surface area contributed by atoms with Gasteiger partial charge in [-0.2, -0.15) is 13.2 Å². The molecule has 4 fully saturated rings. The fourth-order valence-corrected chi connectivity index (χ4v) is 5.13. The normalized spacial score (nSPS) is 46.5. The summed E-state index contributed by atoms with van der Waals surface area (Å²) in [5.74, 6) is -2.12. The Kier molecular flexibility index (Phi) is 3.92. The van der Waals surface area contributed by atoms with Gasteiger partial charge in [0.05, 0.1) is 0 Å². The summed E-state index contributed by atoms with van der Waals surface area (Å²) in [4.78, 5) is 11.4. The Morgan fingerprint density at radius 1 is 1.20 bits per heavy atom. The fourth-order valence-electron chi connectivity index (χ4n) is 5.13. The number of fused-ring (bicyclic) bond motifs is 2. The smallest absolute Gasteiger partial charge is 0.449 e. The Morgan fingerprint density at radius 2 is 1.96 bits per heavy atom. The van der Waals surface area contributed by atoms with Crippen molar-refractivity contribution >= 4 is 0 Å². The molecule has 0 aromatic rings. The lowest BCUT2D eigenvalue weighted by atomic mass is 9.59. The Labute approximate surface area is 144 Å². The van der Waals surface area contributed by atoms with Crippen LogP contribution in [0.15, 0.2) is 11.3 Å². The highest BCUT2D eigenvalue weighted by atomic mass is 19.4. The molecule has 2 bridgehead atoms. The van der Waals surface area contributed by atoms with Crippen molar-refractivity contribution < 1.29 is 32.4 Å². The van der Waals surface area contributed by atoms with E-state index in [9.17, 15) is 13.2 Å². The number of hydrogen-bond acceptors (Lipinski definition) is 5. The summed E-state index contributed by atoms with van der Waals surface area (Å²) < 4.78 is 52.4. The lowest BCUT2D eigenvalue weighted by Crippen LogP contribution is -2.67. The lowest BCUT2D eigenvalue weighted by Gasteiger charge is -2.57. The molecule has 0 radical (unpaired) electrons. The number of halogens is 3. The highest BCUT2D eigenvalue weighted by molar-refractivity contribution is 5.28. The maximum absolute atomic E-state index is 13.7.